The lowest BCUT2D eigenvalue weighted by molar-refractivity contribution is -0.137. The highest BCUT2D eigenvalue weighted by Crippen LogP contribution is 2.30. The molecule has 0 unspecified atom stereocenters. The van der Waals surface area contributed by atoms with Crippen molar-refractivity contribution in [2.75, 3.05) is 5.32 Å². The van der Waals surface area contributed by atoms with Gasteiger partial charge in [-0.15, -0.1) is 0 Å². The number of aryl methyl sites for hydroxylation is 2. The zero-order chi connectivity index (χ0) is 15.6. The number of nitrogens with one attached hydrogen (secondary N) is 1. The van der Waals surface area contributed by atoms with Crippen LogP contribution in [-0.4, -0.2) is 5.91 Å². The minimum absolute atomic E-state index is 0.119. The van der Waals surface area contributed by atoms with E-state index < -0.39 is 17.6 Å². The molecule has 0 saturated heterocycles. The van der Waals surface area contributed by atoms with Gasteiger partial charge in [0.25, 0.3) is 5.91 Å². The Morgan fingerprint density at radius 1 is 1.00 bits per heavy atom. The van der Waals surface area contributed by atoms with Gasteiger partial charge in [0.05, 0.1) is 5.56 Å². The summed E-state index contributed by atoms with van der Waals surface area (Å²) in [6.45, 7) is 3.79. The zero-order valence-corrected chi connectivity index (χ0v) is 11.6. The number of hydrogen-bond acceptors (Lipinski definition) is 1. The molecule has 2 rings (SSSR count). The quantitative estimate of drug-likeness (QED) is 0.863. The van der Waals surface area contributed by atoms with Gasteiger partial charge in [-0.25, -0.2) is 0 Å². The Hall–Kier alpha value is -2.30. The van der Waals surface area contributed by atoms with Gasteiger partial charge in [-0.1, -0.05) is 12.1 Å². The number of alkyl halides is 3. The molecule has 2 aromatic rings. The van der Waals surface area contributed by atoms with E-state index in [9.17, 15) is 18.0 Å². The van der Waals surface area contributed by atoms with Crippen LogP contribution in [0.25, 0.3) is 0 Å². The van der Waals surface area contributed by atoms with Gasteiger partial charge < -0.3 is 5.32 Å². The number of amides is 1. The molecule has 0 aromatic heterocycles. The molecule has 0 aliphatic carbocycles. The van der Waals surface area contributed by atoms with E-state index in [1.807, 2.05) is 13.8 Å². The van der Waals surface area contributed by atoms with Gasteiger partial charge in [-0.2, -0.15) is 13.2 Å². The molecule has 5 heteroatoms. The molecule has 0 spiro atoms. The first kappa shape index (κ1) is 15.1. The third-order valence-corrected chi connectivity index (χ3v) is 3.22. The van der Waals surface area contributed by atoms with E-state index in [0.29, 0.717) is 5.56 Å². The third-order valence-electron chi connectivity index (χ3n) is 3.22. The van der Waals surface area contributed by atoms with Crippen molar-refractivity contribution in [2.24, 2.45) is 0 Å². The molecule has 0 saturated carbocycles. The molecule has 1 N–H and O–H groups in total. The number of anilines is 1. The SMILES string of the molecule is Cc1ccc(C(=O)Nc2cccc(C(F)(F)F)c2)cc1C. The van der Waals surface area contributed by atoms with Gasteiger partial charge in [-0.3, -0.25) is 4.79 Å². The summed E-state index contributed by atoms with van der Waals surface area (Å²) in [4.78, 5) is 12.0. The van der Waals surface area contributed by atoms with Crippen molar-refractivity contribution in [1.82, 2.24) is 0 Å². The monoisotopic (exact) mass is 293 g/mol. The molecule has 2 aromatic carbocycles. The molecule has 110 valence electrons. The Morgan fingerprint density at radius 3 is 2.33 bits per heavy atom. The fourth-order valence-corrected chi connectivity index (χ4v) is 1.86. The molecule has 2 nitrogen and oxygen atoms in total. The van der Waals surface area contributed by atoms with Crippen molar-refractivity contribution in [3.05, 3.63) is 64.7 Å². The van der Waals surface area contributed by atoms with E-state index in [0.717, 1.165) is 23.3 Å². The van der Waals surface area contributed by atoms with Crippen LogP contribution in [-0.2, 0) is 6.18 Å². The second-order valence-corrected chi connectivity index (χ2v) is 4.83. The lowest BCUT2D eigenvalue weighted by Gasteiger charge is -2.10. The molecule has 0 aliphatic rings. The summed E-state index contributed by atoms with van der Waals surface area (Å²) in [6, 6.07) is 9.72. The molecule has 0 bridgehead atoms. The van der Waals surface area contributed by atoms with Crippen LogP contribution >= 0.6 is 0 Å². The van der Waals surface area contributed by atoms with E-state index in [2.05, 4.69) is 5.32 Å². The number of benzene rings is 2. The Bertz CT molecular complexity index is 677. The van der Waals surface area contributed by atoms with Gasteiger partial charge in [0.2, 0.25) is 0 Å². The number of carbonyl (C=O) groups is 1. The summed E-state index contributed by atoms with van der Waals surface area (Å²) >= 11 is 0. The Kier molecular flexibility index (Phi) is 4.02. The average molecular weight is 293 g/mol. The number of carbonyl (C=O) groups excluding carboxylic acids is 1. The van der Waals surface area contributed by atoms with E-state index in [4.69, 9.17) is 0 Å². The first-order valence-electron chi connectivity index (χ1n) is 6.33. The molecule has 21 heavy (non-hydrogen) atoms. The van der Waals surface area contributed by atoms with Gasteiger partial charge in [-0.05, 0) is 55.3 Å². The highest BCUT2D eigenvalue weighted by Gasteiger charge is 2.30. The Morgan fingerprint density at radius 2 is 1.71 bits per heavy atom. The molecular weight excluding hydrogens is 279 g/mol. The second-order valence-electron chi connectivity index (χ2n) is 4.83. The van der Waals surface area contributed by atoms with Gasteiger partial charge in [0, 0.05) is 11.3 Å². The molecule has 0 radical (unpaired) electrons. The van der Waals surface area contributed by atoms with Crippen LogP contribution in [0.15, 0.2) is 42.5 Å². The molecular formula is C16H14F3NO. The van der Waals surface area contributed by atoms with Crippen molar-refractivity contribution in [1.29, 1.82) is 0 Å². The summed E-state index contributed by atoms with van der Waals surface area (Å²) in [6.07, 6.45) is -4.43. The van der Waals surface area contributed by atoms with Crippen LogP contribution in [0.2, 0.25) is 0 Å². The molecule has 0 heterocycles. The average Bonchev–Trinajstić information content (AvgIpc) is 2.41. The number of rotatable bonds is 2. The minimum atomic E-state index is -4.43. The number of halogens is 3. The summed E-state index contributed by atoms with van der Waals surface area (Å²) in [5.41, 5.74) is 1.74. The molecule has 0 aliphatic heterocycles. The fraction of sp³-hybridized carbons (Fsp3) is 0.188. The van der Waals surface area contributed by atoms with E-state index in [1.54, 1.807) is 18.2 Å². The van der Waals surface area contributed by atoms with Crippen molar-refractivity contribution >= 4 is 11.6 Å². The predicted octanol–water partition coefficient (Wildman–Crippen LogP) is 4.57. The maximum absolute atomic E-state index is 12.6. The van der Waals surface area contributed by atoms with E-state index >= 15 is 0 Å². The van der Waals surface area contributed by atoms with Gasteiger partial charge >= 0.3 is 6.18 Å². The van der Waals surface area contributed by atoms with Crippen LogP contribution in [0, 0.1) is 13.8 Å². The summed E-state index contributed by atoms with van der Waals surface area (Å²) in [7, 11) is 0. The fourth-order valence-electron chi connectivity index (χ4n) is 1.86. The highest BCUT2D eigenvalue weighted by atomic mass is 19.4. The van der Waals surface area contributed by atoms with Crippen LogP contribution in [0.4, 0.5) is 18.9 Å². The van der Waals surface area contributed by atoms with Crippen molar-refractivity contribution in [3.63, 3.8) is 0 Å². The van der Waals surface area contributed by atoms with E-state index in [1.165, 1.54) is 12.1 Å². The van der Waals surface area contributed by atoms with Gasteiger partial charge in [0.15, 0.2) is 0 Å². The van der Waals surface area contributed by atoms with Crippen LogP contribution in [0.5, 0.6) is 0 Å². The van der Waals surface area contributed by atoms with Crippen molar-refractivity contribution < 1.29 is 18.0 Å². The minimum Gasteiger partial charge on any atom is -0.322 e. The molecule has 1 amide bonds. The Labute approximate surface area is 120 Å². The predicted molar refractivity (Wildman–Crippen MR) is 75.3 cm³/mol. The van der Waals surface area contributed by atoms with Crippen LogP contribution in [0.3, 0.4) is 0 Å². The summed E-state index contributed by atoms with van der Waals surface area (Å²) in [5, 5.41) is 2.48. The molecule has 0 atom stereocenters. The topological polar surface area (TPSA) is 29.1 Å². The maximum Gasteiger partial charge on any atom is 0.416 e. The van der Waals surface area contributed by atoms with Crippen molar-refractivity contribution in [3.8, 4) is 0 Å². The van der Waals surface area contributed by atoms with E-state index in [-0.39, 0.29) is 5.69 Å². The van der Waals surface area contributed by atoms with Crippen molar-refractivity contribution in [2.45, 2.75) is 20.0 Å². The largest absolute Gasteiger partial charge is 0.416 e. The zero-order valence-electron chi connectivity index (χ0n) is 11.6. The standard InChI is InChI=1S/C16H14F3NO/c1-10-6-7-12(8-11(10)2)15(21)20-14-5-3-4-13(9-14)16(17,18)19/h3-9H,1-2H3,(H,20,21). The first-order chi connectivity index (χ1) is 9.77. The summed E-state index contributed by atoms with van der Waals surface area (Å²) < 4.78 is 37.8. The van der Waals surface area contributed by atoms with Crippen LogP contribution in [0.1, 0.15) is 27.0 Å². The second kappa shape index (κ2) is 5.60. The molecule has 0 fully saturated rings. The normalized spacial score (nSPS) is 11.3. The van der Waals surface area contributed by atoms with Crippen LogP contribution < -0.4 is 5.32 Å². The Balaban J connectivity index is 2.21. The third kappa shape index (κ3) is 3.62. The smallest absolute Gasteiger partial charge is 0.322 e. The first-order valence-corrected chi connectivity index (χ1v) is 6.33. The summed E-state index contributed by atoms with van der Waals surface area (Å²) in [5.74, 6) is -0.433. The maximum atomic E-state index is 12.6. The number of hydrogen-bond donors (Lipinski definition) is 1. The lowest BCUT2D eigenvalue weighted by Crippen LogP contribution is -2.13. The highest BCUT2D eigenvalue weighted by molar-refractivity contribution is 6.04. The van der Waals surface area contributed by atoms with Gasteiger partial charge in [0.1, 0.15) is 0 Å². The lowest BCUT2D eigenvalue weighted by atomic mass is 10.1.